The molecule has 0 radical (unpaired) electrons. The molecule has 1 aromatic heterocycles. The third kappa shape index (κ3) is 6.78. The van der Waals surface area contributed by atoms with E-state index in [0.717, 1.165) is 23.4 Å². The molecule has 0 aliphatic heterocycles. The van der Waals surface area contributed by atoms with Crippen LogP contribution in [0.1, 0.15) is 69.6 Å². The highest BCUT2D eigenvalue weighted by Gasteiger charge is 2.30. The number of halogens is 3. The monoisotopic (exact) mass is 506 g/mol. The van der Waals surface area contributed by atoms with Crippen LogP contribution in [0.15, 0.2) is 53.7 Å². The number of hydrogen-bond donors (Lipinski definition) is 1. The Morgan fingerprint density at radius 2 is 1.69 bits per heavy atom. The maximum absolute atomic E-state index is 12.7. The first-order chi connectivity index (χ1) is 16.5. The summed E-state index contributed by atoms with van der Waals surface area (Å²) in [6, 6.07) is 12.2. The van der Waals surface area contributed by atoms with Gasteiger partial charge in [0.15, 0.2) is 17.1 Å². The molecule has 1 unspecified atom stereocenters. The quantitative estimate of drug-likeness (QED) is 0.321. The number of hydrogen-bond acceptors (Lipinski definition) is 5. The fourth-order valence-corrected chi connectivity index (χ4v) is 4.40. The Balaban J connectivity index is 1.68. The first-order valence-electron chi connectivity index (χ1n) is 11.3. The zero-order valence-corrected chi connectivity index (χ0v) is 21.1. The topological polar surface area (TPSA) is 69.0 Å². The van der Waals surface area contributed by atoms with Gasteiger partial charge < -0.3 is 14.6 Å². The zero-order chi connectivity index (χ0) is 25.8. The van der Waals surface area contributed by atoms with E-state index in [2.05, 4.69) is 29.4 Å². The Hall–Kier alpha value is -3.01. The number of rotatable bonds is 9. The summed E-state index contributed by atoms with van der Waals surface area (Å²) in [5.74, 6) is 1.40. The van der Waals surface area contributed by atoms with Gasteiger partial charge in [-0.2, -0.15) is 13.2 Å². The maximum atomic E-state index is 12.7. The molecule has 1 heterocycles. The fraction of sp³-hybridized carbons (Fsp3) is 0.400. The number of carbonyl (C=O) groups is 1. The van der Waals surface area contributed by atoms with Crippen molar-refractivity contribution in [2.75, 3.05) is 11.1 Å². The van der Waals surface area contributed by atoms with Crippen molar-refractivity contribution >= 4 is 23.4 Å². The molecule has 0 saturated heterocycles. The molecule has 0 saturated carbocycles. The van der Waals surface area contributed by atoms with Crippen LogP contribution in [-0.2, 0) is 11.0 Å². The summed E-state index contributed by atoms with van der Waals surface area (Å²) in [5.41, 5.74) is 0.625. The molecule has 0 spiro atoms. The number of ether oxygens (including phenoxy) is 1. The molecule has 3 aromatic rings. The number of nitrogens with zero attached hydrogens (tertiary/aromatic N) is 3. The molecule has 0 aliphatic carbocycles. The van der Waals surface area contributed by atoms with Gasteiger partial charge in [0.25, 0.3) is 0 Å². The van der Waals surface area contributed by atoms with Crippen LogP contribution in [0.3, 0.4) is 0 Å². The molecule has 35 heavy (non-hydrogen) atoms. The summed E-state index contributed by atoms with van der Waals surface area (Å²) in [5, 5.41) is 11.8. The second-order valence-electron chi connectivity index (χ2n) is 8.67. The number of aromatic nitrogens is 3. The van der Waals surface area contributed by atoms with Crippen molar-refractivity contribution < 1.29 is 22.7 Å². The molecule has 1 atom stereocenters. The average Bonchev–Trinajstić information content (AvgIpc) is 3.22. The fourth-order valence-electron chi connectivity index (χ4n) is 3.53. The van der Waals surface area contributed by atoms with E-state index >= 15 is 0 Å². The molecule has 0 bridgehead atoms. The van der Waals surface area contributed by atoms with Gasteiger partial charge >= 0.3 is 6.18 Å². The summed E-state index contributed by atoms with van der Waals surface area (Å²) >= 11 is 1.20. The van der Waals surface area contributed by atoms with E-state index in [1.807, 2.05) is 49.6 Å². The highest BCUT2D eigenvalue weighted by Crippen LogP contribution is 2.32. The van der Waals surface area contributed by atoms with Crippen molar-refractivity contribution in [3.05, 3.63) is 65.5 Å². The normalized spacial score (nSPS) is 12.7. The van der Waals surface area contributed by atoms with E-state index in [9.17, 15) is 18.0 Å². The molecule has 1 amide bonds. The van der Waals surface area contributed by atoms with Crippen molar-refractivity contribution in [1.82, 2.24) is 14.8 Å². The maximum Gasteiger partial charge on any atom is 0.416 e. The van der Waals surface area contributed by atoms with E-state index in [-0.39, 0.29) is 23.8 Å². The second kappa shape index (κ2) is 11.2. The third-order valence-electron chi connectivity index (χ3n) is 5.24. The van der Waals surface area contributed by atoms with Crippen molar-refractivity contribution in [3.63, 3.8) is 0 Å². The minimum atomic E-state index is -4.42. The Bertz CT molecular complexity index is 1140. The number of benzene rings is 2. The Kier molecular flexibility index (Phi) is 8.47. The van der Waals surface area contributed by atoms with Gasteiger partial charge in [0.2, 0.25) is 5.91 Å². The SMILES string of the molecule is CC(C)c1ccccc1OC(C)c1nnc(SCC(=O)Nc2ccc(C(F)(F)F)cc2)n1C(C)C. The second-order valence-corrected chi connectivity index (χ2v) is 9.61. The predicted molar refractivity (Wildman–Crippen MR) is 131 cm³/mol. The van der Waals surface area contributed by atoms with E-state index in [1.54, 1.807) is 0 Å². The molecule has 1 N–H and O–H groups in total. The molecule has 188 valence electrons. The van der Waals surface area contributed by atoms with E-state index in [4.69, 9.17) is 4.74 Å². The third-order valence-corrected chi connectivity index (χ3v) is 6.19. The number of amides is 1. The van der Waals surface area contributed by atoms with Crippen LogP contribution in [0.4, 0.5) is 18.9 Å². The summed E-state index contributed by atoms with van der Waals surface area (Å²) in [6.07, 6.45) is -4.80. The van der Waals surface area contributed by atoms with Crippen LogP contribution in [0.25, 0.3) is 0 Å². The molecular formula is C25H29F3N4O2S. The standard InChI is InChI=1S/C25H29F3N4O2S/c1-15(2)20-8-6-7-9-21(20)34-17(5)23-30-31-24(32(23)16(3)4)35-14-22(33)29-19-12-10-18(11-13-19)25(26,27)28/h6-13,15-17H,14H2,1-5H3,(H,29,33). The summed E-state index contributed by atoms with van der Waals surface area (Å²) in [4.78, 5) is 12.4. The summed E-state index contributed by atoms with van der Waals surface area (Å²) in [7, 11) is 0. The lowest BCUT2D eigenvalue weighted by molar-refractivity contribution is -0.137. The van der Waals surface area contributed by atoms with E-state index in [1.165, 1.54) is 23.9 Å². The number of alkyl halides is 3. The average molecular weight is 507 g/mol. The number of anilines is 1. The molecular weight excluding hydrogens is 477 g/mol. The summed E-state index contributed by atoms with van der Waals surface area (Å²) < 4.78 is 46.3. The van der Waals surface area contributed by atoms with Gasteiger partial charge in [-0.05, 0) is 62.6 Å². The highest BCUT2D eigenvalue weighted by molar-refractivity contribution is 7.99. The van der Waals surface area contributed by atoms with Crippen LogP contribution in [0, 0.1) is 0 Å². The van der Waals surface area contributed by atoms with Crippen LogP contribution < -0.4 is 10.1 Å². The van der Waals surface area contributed by atoms with Crippen molar-refractivity contribution in [3.8, 4) is 5.75 Å². The first-order valence-corrected chi connectivity index (χ1v) is 12.3. The van der Waals surface area contributed by atoms with Gasteiger partial charge in [-0.15, -0.1) is 10.2 Å². The van der Waals surface area contributed by atoms with Crippen LogP contribution in [0.2, 0.25) is 0 Å². The largest absolute Gasteiger partial charge is 0.482 e. The molecule has 6 nitrogen and oxygen atoms in total. The molecule has 0 fully saturated rings. The number of nitrogens with one attached hydrogen (secondary N) is 1. The first kappa shape index (κ1) is 26.6. The van der Waals surface area contributed by atoms with Gasteiger partial charge in [0.05, 0.1) is 11.3 Å². The smallest absolute Gasteiger partial charge is 0.416 e. The lowest BCUT2D eigenvalue weighted by atomic mass is 10.0. The van der Waals surface area contributed by atoms with Crippen LogP contribution in [-0.4, -0.2) is 26.4 Å². The molecule has 3 rings (SSSR count). The Morgan fingerprint density at radius 1 is 1.03 bits per heavy atom. The Morgan fingerprint density at radius 3 is 2.29 bits per heavy atom. The lowest BCUT2D eigenvalue weighted by Crippen LogP contribution is -2.17. The van der Waals surface area contributed by atoms with Crippen molar-refractivity contribution in [2.24, 2.45) is 0 Å². The van der Waals surface area contributed by atoms with E-state index in [0.29, 0.717) is 22.6 Å². The predicted octanol–water partition coefficient (Wildman–Crippen LogP) is 6.87. The minimum Gasteiger partial charge on any atom is -0.482 e. The number of thioether (sulfide) groups is 1. The number of para-hydroxylation sites is 1. The molecule has 10 heteroatoms. The van der Waals surface area contributed by atoms with E-state index < -0.39 is 11.7 Å². The van der Waals surface area contributed by atoms with Gasteiger partial charge in [-0.25, -0.2) is 0 Å². The van der Waals surface area contributed by atoms with Crippen molar-refractivity contribution in [2.45, 2.75) is 64.0 Å². The zero-order valence-electron chi connectivity index (χ0n) is 20.3. The van der Waals surface area contributed by atoms with Gasteiger partial charge in [0, 0.05) is 11.7 Å². The molecule has 2 aromatic carbocycles. The summed E-state index contributed by atoms with van der Waals surface area (Å²) in [6.45, 7) is 10.1. The van der Waals surface area contributed by atoms with Gasteiger partial charge in [-0.3, -0.25) is 4.79 Å². The lowest BCUT2D eigenvalue weighted by Gasteiger charge is -2.21. The minimum absolute atomic E-state index is 0.0202. The van der Waals surface area contributed by atoms with Gasteiger partial charge in [0.1, 0.15) is 5.75 Å². The van der Waals surface area contributed by atoms with Crippen LogP contribution in [0.5, 0.6) is 5.75 Å². The van der Waals surface area contributed by atoms with Crippen molar-refractivity contribution in [1.29, 1.82) is 0 Å². The molecule has 0 aliphatic rings. The highest BCUT2D eigenvalue weighted by atomic mass is 32.2. The van der Waals surface area contributed by atoms with Gasteiger partial charge in [-0.1, -0.05) is 43.8 Å². The van der Waals surface area contributed by atoms with Crippen LogP contribution >= 0.6 is 11.8 Å². The number of carbonyl (C=O) groups excluding carboxylic acids is 1. The Labute approximate surface area is 207 Å².